The van der Waals surface area contributed by atoms with Gasteiger partial charge in [-0.1, -0.05) is 17.7 Å². The van der Waals surface area contributed by atoms with E-state index < -0.39 is 0 Å². The highest BCUT2D eigenvalue weighted by atomic mass is 35.5. The minimum atomic E-state index is 0.0530. The largest absolute Gasteiger partial charge is 0.396 e. The van der Waals surface area contributed by atoms with Gasteiger partial charge in [-0.3, -0.25) is 0 Å². The minimum Gasteiger partial charge on any atom is -0.396 e. The van der Waals surface area contributed by atoms with Crippen LogP contribution in [0, 0.1) is 0 Å². The third kappa shape index (κ3) is 1.70. The van der Waals surface area contributed by atoms with Crippen LogP contribution in [0.1, 0.15) is 23.7 Å². The third-order valence-corrected chi connectivity index (χ3v) is 2.52. The van der Waals surface area contributed by atoms with Crippen LogP contribution in [-0.2, 0) is 11.3 Å². The number of rotatable bonds is 2. The fourth-order valence-corrected chi connectivity index (χ4v) is 1.84. The topological polar surface area (TPSA) is 29.5 Å². The third-order valence-electron chi connectivity index (χ3n) is 2.28. The molecule has 0 aliphatic carbocycles. The van der Waals surface area contributed by atoms with Gasteiger partial charge in [-0.15, -0.1) is 0 Å². The van der Waals surface area contributed by atoms with E-state index in [1.165, 1.54) is 5.56 Å². The summed E-state index contributed by atoms with van der Waals surface area (Å²) in [5, 5.41) is 9.54. The standard InChI is InChI=1S/C10H11ClO2/c11-8-1-2-9-7(5-8)6-13-10(9)3-4-12/h1-2,5,10,12H,3-4,6H2. The van der Waals surface area contributed by atoms with Gasteiger partial charge in [0.2, 0.25) is 0 Å². The molecule has 1 aliphatic rings. The maximum atomic E-state index is 8.80. The van der Waals surface area contributed by atoms with Crippen LogP contribution in [-0.4, -0.2) is 11.7 Å². The van der Waals surface area contributed by atoms with E-state index in [1.54, 1.807) is 0 Å². The quantitative estimate of drug-likeness (QED) is 0.790. The van der Waals surface area contributed by atoms with Gasteiger partial charge in [0.25, 0.3) is 0 Å². The van der Waals surface area contributed by atoms with Crippen molar-refractivity contribution in [3.05, 3.63) is 34.3 Å². The zero-order chi connectivity index (χ0) is 9.26. The van der Waals surface area contributed by atoms with Crippen LogP contribution in [0.4, 0.5) is 0 Å². The van der Waals surface area contributed by atoms with E-state index in [9.17, 15) is 0 Å². The molecule has 0 radical (unpaired) electrons. The summed E-state index contributed by atoms with van der Waals surface area (Å²) in [5.41, 5.74) is 2.31. The normalized spacial score (nSPS) is 20.3. The van der Waals surface area contributed by atoms with E-state index in [0.717, 1.165) is 10.6 Å². The molecule has 0 spiro atoms. The Labute approximate surface area is 82.1 Å². The summed E-state index contributed by atoms with van der Waals surface area (Å²) in [6.07, 6.45) is 0.714. The molecule has 2 rings (SSSR count). The highest BCUT2D eigenvalue weighted by molar-refractivity contribution is 6.30. The van der Waals surface area contributed by atoms with E-state index in [-0.39, 0.29) is 12.7 Å². The molecule has 1 unspecified atom stereocenters. The molecule has 1 N–H and O–H groups in total. The molecule has 1 aromatic rings. The number of ether oxygens (including phenoxy) is 1. The highest BCUT2D eigenvalue weighted by Gasteiger charge is 2.22. The van der Waals surface area contributed by atoms with Crippen molar-refractivity contribution in [2.75, 3.05) is 6.61 Å². The average molecular weight is 199 g/mol. The summed E-state index contributed by atoms with van der Waals surface area (Å²) < 4.78 is 5.50. The maximum absolute atomic E-state index is 8.80. The molecule has 1 atom stereocenters. The van der Waals surface area contributed by atoms with Crippen molar-refractivity contribution in [1.82, 2.24) is 0 Å². The molecule has 1 aromatic carbocycles. The minimum absolute atomic E-state index is 0.0530. The number of fused-ring (bicyclic) bond motifs is 1. The second-order valence-electron chi connectivity index (χ2n) is 3.16. The SMILES string of the molecule is OCCC1OCc2cc(Cl)ccc21. The molecule has 1 heterocycles. The Morgan fingerprint density at radius 2 is 2.38 bits per heavy atom. The van der Waals surface area contributed by atoms with Crippen LogP contribution in [0.2, 0.25) is 5.02 Å². The fourth-order valence-electron chi connectivity index (χ4n) is 1.65. The van der Waals surface area contributed by atoms with E-state index in [4.69, 9.17) is 21.4 Å². The number of hydrogen-bond donors (Lipinski definition) is 1. The average Bonchev–Trinajstić information content (AvgIpc) is 2.49. The van der Waals surface area contributed by atoms with Gasteiger partial charge in [0, 0.05) is 18.1 Å². The first kappa shape index (κ1) is 9.00. The molecule has 1 aliphatic heterocycles. The Kier molecular flexibility index (Phi) is 2.54. The molecule has 0 saturated carbocycles. The van der Waals surface area contributed by atoms with E-state index >= 15 is 0 Å². The zero-order valence-corrected chi connectivity index (χ0v) is 7.92. The fraction of sp³-hybridized carbons (Fsp3) is 0.400. The predicted molar refractivity (Wildman–Crippen MR) is 50.7 cm³/mol. The lowest BCUT2D eigenvalue weighted by atomic mass is 10.0. The lowest BCUT2D eigenvalue weighted by molar-refractivity contribution is 0.0472. The van der Waals surface area contributed by atoms with Gasteiger partial charge in [0.15, 0.2) is 0 Å². The number of benzene rings is 1. The van der Waals surface area contributed by atoms with Gasteiger partial charge in [-0.05, 0) is 23.3 Å². The van der Waals surface area contributed by atoms with Crippen LogP contribution < -0.4 is 0 Å². The second-order valence-corrected chi connectivity index (χ2v) is 3.59. The number of hydrogen-bond acceptors (Lipinski definition) is 2. The Morgan fingerprint density at radius 1 is 1.54 bits per heavy atom. The second kappa shape index (κ2) is 3.66. The first-order valence-electron chi connectivity index (χ1n) is 4.32. The van der Waals surface area contributed by atoms with E-state index in [2.05, 4.69) is 0 Å². The van der Waals surface area contributed by atoms with Gasteiger partial charge in [-0.2, -0.15) is 0 Å². The van der Waals surface area contributed by atoms with Crippen molar-refractivity contribution in [1.29, 1.82) is 0 Å². The lowest BCUT2D eigenvalue weighted by Gasteiger charge is -2.08. The van der Waals surface area contributed by atoms with Gasteiger partial charge in [0.1, 0.15) is 0 Å². The van der Waals surface area contributed by atoms with Crippen molar-refractivity contribution in [3.63, 3.8) is 0 Å². The first-order chi connectivity index (χ1) is 6.31. The molecule has 2 nitrogen and oxygen atoms in total. The van der Waals surface area contributed by atoms with Gasteiger partial charge < -0.3 is 9.84 Å². The Hall–Kier alpha value is -0.570. The molecule has 0 aromatic heterocycles. The van der Waals surface area contributed by atoms with Crippen LogP contribution >= 0.6 is 11.6 Å². The number of aliphatic hydroxyl groups excluding tert-OH is 1. The molecule has 0 saturated heterocycles. The molecule has 0 fully saturated rings. The number of aliphatic hydroxyl groups is 1. The molecular formula is C10H11ClO2. The van der Waals surface area contributed by atoms with Crippen LogP contribution in [0.15, 0.2) is 18.2 Å². The highest BCUT2D eigenvalue weighted by Crippen LogP contribution is 2.34. The van der Waals surface area contributed by atoms with E-state index in [0.29, 0.717) is 13.0 Å². The summed E-state index contributed by atoms with van der Waals surface area (Å²) >= 11 is 5.84. The molecule has 0 amide bonds. The summed E-state index contributed by atoms with van der Waals surface area (Å²) in [7, 11) is 0. The van der Waals surface area contributed by atoms with Crippen molar-refractivity contribution in [2.45, 2.75) is 19.1 Å². The summed E-state index contributed by atoms with van der Waals surface area (Å²) in [6, 6.07) is 5.76. The molecule has 0 bridgehead atoms. The Morgan fingerprint density at radius 3 is 3.15 bits per heavy atom. The molecule has 13 heavy (non-hydrogen) atoms. The van der Waals surface area contributed by atoms with Crippen molar-refractivity contribution in [3.8, 4) is 0 Å². The van der Waals surface area contributed by atoms with Gasteiger partial charge >= 0.3 is 0 Å². The van der Waals surface area contributed by atoms with Crippen molar-refractivity contribution >= 4 is 11.6 Å². The monoisotopic (exact) mass is 198 g/mol. The smallest absolute Gasteiger partial charge is 0.0854 e. The van der Waals surface area contributed by atoms with E-state index in [1.807, 2.05) is 18.2 Å². The zero-order valence-electron chi connectivity index (χ0n) is 7.16. The van der Waals surface area contributed by atoms with Crippen molar-refractivity contribution < 1.29 is 9.84 Å². The van der Waals surface area contributed by atoms with Gasteiger partial charge in [-0.25, -0.2) is 0 Å². The first-order valence-corrected chi connectivity index (χ1v) is 4.70. The van der Waals surface area contributed by atoms with Crippen LogP contribution in [0.25, 0.3) is 0 Å². The summed E-state index contributed by atoms with van der Waals surface area (Å²) in [6.45, 7) is 0.771. The maximum Gasteiger partial charge on any atom is 0.0854 e. The molecule has 3 heteroatoms. The molecule has 70 valence electrons. The molecular weight excluding hydrogens is 188 g/mol. The number of halogens is 1. The summed E-state index contributed by atoms with van der Waals surface area (Å²) in [4.78, 5) is 0. The lowest BCUT2D eigenvalue weighted by Crippen LogP contribution is -1.98. The van der Waals surface area contributed by atoms with Gasteiger partial charge in [0.05, 0.1) is 12.7 Å². The predicted octanol–water partition coefficient (Wildman–Crippen LogP) is 2.29. The van der Waals surface area contributed by atoms with Crippen molar-refractivity contribution in [2.24, 2.45) is 0 Å². The van der Waals surface area contributed by atoms with Crippen LogP contribution in [0.3, 0.4) is 0 Å². The van der Waals surface area contributed by atoms with Crippen LogP contribution in [0.5, 0.6) is 0 Å². The Balaban J connectivity index is 2.27. The summed E-state index contributed by atoms with van der Waals surface area (Å²) in [5.74, 6) is 0. The Bertz CT molecular complexity index is 312.